The average Bonchev–Trinajstić information content (AvgIpc) is 2.63. The lowest BCUT2D eigenvalue weighted by molar-refractivity contribution is 0.0954. The topological polar surface area (TPSA) is 44.7 Å². The number of nitrogens with zero attached hydrogens (tertiary/aromatic N) is 2. The molecule has 0 spiro atoms. The Balaban J connectivity index is 2.16. The van der Waals surface area contributed by atoms with Crippen molar-refractivity contribution in [3.63, 3.8) is 0 Å². The highest BCUT2D eigenvalue weighted by Crippen LogP contribution is 2.08. The lowest BCUT2D eigenvalue weighted by Crippen LogP contribution is -2.27. The fraction of sp³-hybridized carbons (Fsp3) is 0.273. The molecule has 0 aliphatic rings. The molecule has 0 aliphatic carbocycles. The maximum atomic E-state index is 12.3. The van der Waals surface area contributed by atoms with Crippen molar-refractivity contribution in [3.05, 3.63) is 77.4 Å². The van der Waals surface area contributed by atoms with Crippen molar-refractivity contribution >= 4 is 17.7 Å². The number of carbonyl (C=O) groups is 1. The smallest absolute Gasteiger partial charge is 0.271 e. The third-order valence-electron chi connectivity index (χ3n) is 3.99. The van der Waals surface area contributed by atoms with Crippen molar-refractivity contribution in [1.82, 2.24) is 10.3 Å². The number of carbonyl (C=O) groups excluding carboxylic acids is 1. The second kappa shape index (κ2) is 9.68. The normalized spacial score (nSPS) is 13.2. The molecule has 0 fully saturated rings. The van der Waals surface area contributed by atoms with Crippen LogP contribution in [-0.2, 0) is 0 Å². The van der Waals surface area contributed by atoms with E-state index < -0.39 is 0 Å². The Labute approximate surface area is 156 Å². The van der Waals surface area contributed by atoms with Gasteiger partial charge in [0.25, 0.3) is 5.91 Å². The van der Waals surface area contributed by atoms with E-state index in [2.05, 4.69) is 53.5 Å². The average molecular weight is 349 g/mol. The first-order valence-corrected chi connectivity index (χ1v) is 8.78. The summed E-state index contributed by atoms with van der Waals surface area (Å²) in [5.74, 6) is -0.0216. The van der Waals surface area contributed by atoms with E-state index in [9.17, 15) is 4.79 Å². The molecule has 0 saturated heterocycles. The second-order valence-corrected chi connectivity index (χ2v) is 6.75. The predicted octanol–water partition coefficient (Wildman–Crippen LogP) is 3.99. The molecule has 4 heteroatoms. The van der Waals surface area contributed by atoms with Crippen LogP contribution in [0.2, 0.25) is 0 Å². The third kappa shape index (κ3) is 6.30. The zero-order valence-corrected chi connectivity index (χ0v) is 15.9. The number of aryl methyl sites for hydroxylation is 1. The molecule has 0 aliphatic heterocycles. The standard InChI is InChI=1S/C22H27N3O/c1-17-10-12-19(13-11-17)14-15-21(18(2)16-25(3)4)23-24-22(26)20-8-6-5-7-9-20/h5-15,18H,16H2,1-4H3,(H,24,26)/b15-14-,23-21-/t18-/m0/s1. The number of hydrogen-bond acceptors (Lipinski definition) is 3. The summed E-state index contributed by atoms with van der Waals surface area (Å²) in [7, 11) is 4.06. The second-order valence-electron chi connectivity index (χ2n) is 6.75. The maximum absolute atomic E-state index is 12.3. The lowest BCUT2D eigenvalue weighted by Gasteiger charge is -2.17. The van der Waals surface area contributed by atoms with E-state index in [1.165, 1.54) is 5.56 Å². The van der Waals surface area contributed by atoms with Gasteiger partial charge in [-0.2, -0.15) is 5.10 Å². The zero-order chi connectivity index (χ0) is 18.9. The summed E-state index contributed by atoms with van der Waals surface area (Å²) >= 11 is 0. The van der Waals surface area contributed by atoms with E-state index in [0.717, 1.165) is 17.8 Å². The molecule has 0 unspecified atom stereocenters. The first-order chi connectivity index (χ1) is 12.5. The molecule has 2 aromatic carbocycles. The SMILES string of the molecule is Cc1ccc(/C=C\C(=N\NC(=O)c2ccccc2)[C@@H](C)CN(C)C)cc1. The van der Waals surface area contributed by atoms with Gasteiger partial charge < -0.3 is 4.90 Å². The Morgan fingerprint density at radius 1 is 1.12 bits per heavy atom. The van der Waals surface area contributed by atoms with Crippen LogP contribution in [-0.4, -0.2) is 37.2 Å². The molecular formula is C22H27N3O. The molecule has 1 N–H and O–H groups in total. The van der Waals surface area contributed by atoms with Gasteiger partial charge in [0, 0.05) is 18.0 Å². The van der Waals surface area contributed by atoms with Gasteiger partial charge in [0.2, 0.25) is 0 Å². The van der Waals surface area contributed by atoms with E-state index in [4.69, 9.17) is 0 Å². The third-order valence-corrected chi connectivity index (χ3v) is 3.99. The minimum atomic E-state index is -0.205. The van der Waals surface area contributed by atoms with Gasteiger partial charge in [-0.1, -0.05) is 61.0 Å². The fourth-order valence-corrected chi connectivity index (χ4v) is 2.58. The molecular weight excluding hydrogens is 322 g/mol. The molecule has 0 heterocycles. The number of hydrazone groups is 1. The van der Waals surface area contributed by atoms with E-state index in [0.29, 0.717) is 5.56 Å². The van der Waals surface area contributed by atoms with Gasteiger partial charge in [0.05, 0.1) is 5.71 Å². The van der Waals surface area contributed by atoms with Gasteiger partial charge >= 0.3 is 0 Å². The van der Waals surface area contributed by atoms with Crippen molar-refractivity contribution in [2.45, 2.75) is 13.8 Å². The fourth-order valence-electron chi connectivity index (χ4n) is 2.58. The molecule has 1 amide bonds. The van der Waals surface area contributed by atoms with E-state index >= 15 is 0 Å². The van der Waals surface area contributed by atoms with Crippen molar-refractivity contribution in [1.29, 1.82) is 0 Å². The summed E-state index contributed by atoms with van der Waals surface area (Å²) < 4.78 is 0. The summed E-state index contributed by atoms with van der Waals surface area (Å²) in [5, 5.41) is 4.39. The molecule has 0 bridgehead atoms. The van der Waals surface area contributed by atoms with Crippen molar-refractivity contribution in [2.75, 3.05) is 20.6 Å². The summed E-state index contributed by atoms with van der Waals surface area (Å²) in [4.78, 5) is 14.4. The van der Waals surface area contributed by atoms with Crippen LogP contribution in [0.3, 0.4) is 0 Å². The van der Waals surface area contributed by atoms with Crippen LogP contribution in [0.15, 0.2) is 65.8 Å². The Kier molecular flexibility index (Phi) is 7.30. The molecule has 0 aromatic heterocycles. The molecule has 0 radical (unpaired) electrons. The number of hydrogen-bond donors (Lipinski definition) is 1. The number of rotatable bonds is 7. The molecule has 4 nitrogen and oxygen atoms in total. The molecule has 2 aromatic rings. The molecule has 136 valence electrons. The Morgan fingerprint density at radius 3 is 2.38 bits per heavy atom. The number of benzene rings is 2. The highest BCUT2D eigenvalue weighted by atomic mass is 16.2. The molecule has 2 rings (SSSR count). The van der Waals surface area contributed by atoms with Crippen LogP contribution in [0, 0.1) is 12.8 Å². The number of allylic oxidation sites excluding steroid dienone is 1. The number of nitrogens with one attached hydrogen (secondary N) is 1. The van der Waals surface area contributed by atoms with Gasteiger partial charge in [-0.3, -0.25) is 4.79 Å². The zero-order valence-electron chi connectivity index (χ0n) is 15.9. The molecule has 26 heavy (non-hydrogen) atoms. The molecule has 1 atom stereocenters. The van der Waals surface area contributed by atoms with Gasteiger partial charge in [0.15, 0.2) is 0 Å². The minimum absolute atomic E-state index is 0.183. The van der Waals surface area contributed by atoms with Crippen LogP contribution in [0.4, 0.5) is 0 Å². The van der Waals surface area contributed by atoms with Crippen LogP contribution < -0.4 is 5.43 Å². The largest absolute Gasteiger partial charge is 0.309 e. The lowest BCUT2D eigenvalue weighted by atomic mass is 10.0. The van der Waals surface area contributed by atoms with Gasteiger partial charge in [0.1, 0.15) is 0 Å². The van der Waals surface area contributed by atoms with Crippen LogP contribution in [0.25, 0.3) is 6.08 Å². The highest BCUT2D eigenvalue weighted by Gasteiger charge is 2.11. The quantitative estimate of drug-likeness (QED) is 0.607. The van der Waals surface area contributed by atoms with E-state index in [1.54, 1.807) is 12.1 Å². The van der Waals surface area contributed by atoms with Gasteiger partial charge in [-0.05, 0) is 44.8 Å². The monoisotopic (exact) mass is 349 g/mol. The summed E-state index contributed by atoms with van der Waals surface area (Å²) in [6.45, 7) is 5.02. The number of amides is 1. The Hall–Kier alpha value is -2.72. The van der Waals surface area contributed by atoms with Crippen LogP contribution in [0.1, 0.15) is 28.4 Å². The van der Waals surface area contributed by atoms with Gasteiger partial charge in [-0.25, -0.2) is 5.43 Å². The Morgan fingerprint density at radius 2 is 1.77 bits per heavy atom. The first kappa shape index (κ1) is 19.6. The molecule has 0 saturated carbocycles. The van der Waals surface area contributed by atoms with Crippen LogP contribution >= 0.6 is 0 Å². The summed E-state index contributed by atoms with van der Waals surface area (Å²) in [6, 6.07) is 17.4. The van der Waals surface area contributed by atoms with E-state index in [-0.39, 0.29) is 11.8 Å². The summed E-state index contributed by atoms with van der Waals surface area (Å²) in [5.41, 5.74) is 6.45. The Bertz CT molecular complexity index is 762. The van der Waals surface area contributed by atoms with Crippen molar-refractivity contribution < 1.29 is 4.79 Å². The summed E-state index contributed by atoms with van der Waals surface area (Å²) in [6.07, 6.45) is 4.00. The van der Waals surface area contributed by atoms with Gasteiger partial charge in [-0.15, -0.1) is 0 Å². The maximum Gasteiger partial charge on any atom is 0.271 e. The predicted molar refractivity (Wildman–Crippen MR) is 109 cm³/mol. The van der Waals surface area contributed by atoms with Crippen molar-refractivity contribution in [2.24, 2.45) is 11.0 Å². The highest BCUT2D eigenvalue weighted by molar-refractivity contribution is 6.01. The van der Waals surface area contributed by atoms with Crippen molar-refractivity contribution in [3.8, 4) is 0 Å². The van der Waals surface area contributed by atoms with Crippen LogP contribution in [0.5, 0.6) is 0 Å². The van der Waals surface area contributed by atoms with E-state index in [1.807, 2.05) is 44.4 Å². The first-order valence-electron chi connectivity index (χ1n) is 8.78. The minimum Gasteiger partial charge on any atom is -0.309 e.